The van der Waals surface area contributed by atoms with Crippen LogP contribution in [-0.4, -0.2) is 41.6 Å². The van der Waals surface area contributed by atoms with E-state index in [1.165, 1.54) is 23.7 Å². The van der Waals surface area contributed by atoms with Gasteiger partial charge < -0.3 is 5.32 Å². The standard InChI is InChI=1S/C15H27N3S/c1-5-16-15-7-9-18(12(3)11(15)2)8-6-14-10-19-13(4)17-14/h10-12,15-16H,5-9H2,1-4H3. The number of nitrogens with one attached hydrogen (secondary N) is 1. The summed E-state index contributed by atoms with van der Waals surface area (Å²) in [5.41, 5.74) is 1.26. The molecule has 3 unspecified atom stereocenters. The SMILES string of the molecule is CCNC1CCN(CCc2csc(C)n2)C(C)C1C. The lowest BCUT2D eigenvalue weighted by atomic mass is 9.87. The van der Waals surface area contributed by atoms with Crippen molar-refractivity contribution in [3.63, 3.8) is 0 Å². The average Bonchev–Trinajstić information content (AvgIpc) is 2.80. The zero-order valence-electron chi connectivity index (χ0n) is 12.6. The van der Waals surface area contributed by atoms with E-state index in [0.717, 1.165) is 25.4 Å². The summed E-state index contributed by atoms with van der Waals surface area (Å²) in [6.07, 6.45) is 2.36. The van der Waals surface area contributed by atoms with Gasteiger partial charge in [-0.15, -0.1) is 11.3 Å². The van der Waals surface area contributed by atoms with Crippen molar-refractivity contribution in [2.75, 3.05) is 19.6 Å². The van der Waals surface area contributed by atoms with E-state index in [1.807, 2.05) is 0 Å². The minimum absolute atomic E-state index is 0.664. The van der Waals surface area contributed by atoms with E-state index in [4.69, 9.17) is 0 Å². The van der Waals surface area contributed by atoms with Crippen LogP contribution >= 0.6 is 11.3 Å². The van der Waals surface area contributed by atoms with Crippen LogP contribution in [0.15, 0.2) is 5.38 Å². The first-order valence-corrected chi connectivity index (χ1v) is 8.38. The molecule has 1 aliphatic heterocycles. The van der Waals surface area contributed by atoms with Gasteiger partial charge in [-0.05, 0) is 39.3 Å². The minimum Gasteiger partial charge on any atom is -0.314 e. The molecular weight excluding hydrogens is 254 g/mol. The third-order valence-corrected chi connectivity index (χ3v) is 5.31. The highest BCUT2D eigenvalue weighted by atomic mass is 32.1. The van der Waals surface area contributed by atoms with Crippen LogP contribution in [0.4, 0.5) is 0 Å². The van der Waals surface area contributed by atoms with Crippen molar-refractivity contribution in [3.05, 3.63) is 16.1 Å². The third-order valence-electron chi connectivity index (χ3n) is 4.49. The van der Waals surface area contributed by atoms with E-state index in [9.17, 15) is 0 Å². The molecule has 1 saturated heterocycles. The molecule has 2 heterocycles. The number of hydrogen-bond donors (Lipinski definition) is 1. The van der Waals surface area contributed by atoms with Crippen LogP contribution < -0.4 is 5.32 Å². The Morgan fingerprint density at radius 1 is 1.47 bits per heavy atom. The maximum absolute atomic E-state index is 4.56. The molecule has 0 bridgehead atoms. The molecule has 0 amide bonds. The molecule has 0 saturated carbocycles. The van der Waals surface area contributed by atoms with E-state index in [-0.39, 0.29) is 0 Å². The summed E-state index contributed by atoms with van der Waals surface area (Å²) >= 11 is 1.76. The molecule has 1 aliphatic rings. The molecule has 0 radical (unpaired) electrons. The normalized spacial score (nSPS) is 28.7. The molecule has 4 heteroatoms. The van der Waals surface area contributed by atoms with Crippen molar-refractivity contribution in [2.45, 2.75) is 52.6 Å². The van der Waals surface area contributed by atoms with Crippen LogP contribution in [-0.2, 0) is 6.42 Å². The number of aryl methyl sites for hydroxylation is 1. The highest BCUT2D eigenvalue weighted by Gasteiger charge is 2.31. The van der Waals surface area contributed by atoms with Gasteiger partial charge in [0.05, 0.1) is 10.7 Å². The Balaban J connectivity index is 1.85. The minimum atomic E-state index is 0.664. The van der Waals surface area contributed by atoms with Crippen molar-refractivity contribution in [2.24, 2.45) is 5.92 Å². The number of hydrogen-bond acceptors (Lipinski definition) is 4. The lowest BCUT2D eigenvalue weighted by molar-refractivity contribution is 0.0865. The second kappa shape index (κ2) is 6.82. The molecule has 0 aliphatic carbocycles. The van der Waals surface area contributed by atoms with Crippen LogP contribution in [0.1, 0.15) is 37.9 Å². The number of likely N-dealkylation sites (tertiary alicyclic amines) is 1. The van der Waals surface area contributed by atoms with E-state index >= 15 is 0 Å². The number of thiazole rings is 1. The van der Waals surface area contributed by atoms with Crippen molar-refractivity contribution in [1.82, 2.24) is 15.2 Å². The maximum atomic E-state index is 4.56. The van der Waals surface area contributed by atoms with Crippen LogP contribution in [0.3, 0.4) is 0 Å². The Morgan fingerprint density at radius 3 is 2.89 bits per heavy atom. The number of piperidine rings is 1. The van der Waals surface area contributed by atoms with Crippen molar-refractivity contribution >= 4 is 11.3 Å². The highest BCUT2D eigenvalue weighted by Crippen LogP contribution is 2.24. The summed E-state index contributed by atoms with van der Waals surface area (Å²) in [7, 11) is 0. The molecule has 2 rings (SSSR count). The summed E-state index contributed by atoms with van der Waals surface area (Å²) in [5, 5.41) is 7.01. The van der Waals surface area contributed by atoms with Crippen molar-refractivity contribution in [1.29, 1.82) is 0 Å². The zero-order valence-corrected chi connectivity index (χ0v) is 13.5. The van der Waals surface area contributed by atoms with Gasteiger partial charge in [-0.1, -0.05) is 13.8 Å². The van der Waals surface area contributed by atoms with Crippen molar-refractivity contribution < 1.29 is 0 Å². The van der Waals surface area contributed by atoms with Gasteiger partial charge in [-0.25, -0.2) is 4.98 Å². The summed E-state index contributed by atoms with van der Waals surface area (Å²) in [6.45, 7) is 12.5. The molecule has 3 nitrogen and oxygen atoms in total. The van der Waals surface area contributed by atoms with E-state index in [2.05, 4.69) is 48.3 Å². The fourth-order valence-corrected chi connectivity index (χ4v) is 3.73. The van der Waals surface area contributed by atoms with Gasteiger partial charge in [0.1, 0.15) is 0 Å². The molecular formula is C15H27N3S. The molecule has 1 aromatic rings. The third kappa shape index (κ3) is 3.77. The molecule has 3 atom stereocenters. The molecule has 1 fully saturated rings. The molecule has 0 aromatic carbocycles. The largest absolute Gasteiger partial charge is 0.314 e. The molecule has 1 aromatic heterocycles. The fourth-order valence-electron chi connectivity index (χ4n) is 3.09. The lowest BCUT2D eigenvalue weighted by Crippen LogP contribution is -2.53. The summed E-state index contributed by atoms with van der Waals surface area (Å²) in [5.74, 6) is 0.728. The van der Waals surface area contributed by atoms with Gasteiger partial charge in [-0.2, -0.15) is 0 Å². The molecule has 0 spiro atoms. The van der Waals surface area contributed by atoms with Gasteiger partial charge in [0.25, 0.3) is 0 Å². The number of rotatable bonds is 5. The van der Waals surface area contributed by atoms with Crippen LogP contribution in [0.2, 0.25) is 0 Å². The van der Waals surface area contributed by atoms with E-state index in [1.54, 1.807) is 11.3 Å². The van der Waals surface area contributed by atoms with Crippen LogP contribution in [0.25, 0.3) is 0 Å². The van der Waals surface area contributed by atoms with E-state index < -0.39 is 0 Å². The highest BCUT2D eigenvalue weighted by molar-refractivity contribution is 7.09. The average molecular weight is 281 g/mol. The van der Waals surface area contributed by atoms with Crippen molar-refractivity contribution in [3.8, 4) is 0 Å². The molecule has 19 heavy (non-hydrogen) atoms. The van der Waals surface area contributed by atoms with E-state index in [0.29, 0.717) is 12.1 Å². The maximum Gasteiger partial charge on any atom is 0.0897 e. The Labute approximate surface area is 121 Å². The number of aromatic nitrogens is 1. The monoisotopic (exact) mass is 281 g/mol. The smallest absolute Gasteiger partial charge is 0.0897 e. The summed E-state index contributed by atoms with van der Waals surface area (Å²) in [6, 6.07) is 1.36. The first-order valence-electron chi connectivity index (χ1n) is 7.50. The second-order valence-electron chi connectivity index (χ2n) is 5.70. The van der Waals surface area contributed by atoms with Gasteiger partial charge in [-0.3, -0.25) is 4.90 Å². The van der Waals surface area contributed by atoms with Gasteiger partial charge in [0, 0.05) is 30.4 Å². The Bertz CT molecular complexity index is 390. The zero-order chi connectivity index (χ0) is 13.8. The molecule has 1 N–H and O–H groups in total. The van der Waals surface area contributed by atoms with Gasteiger partial charge in [0.15, 0.2) is 0 Å². The quantitative estimate of drug-likeness (QED) is 0.899. The van der Waals surface area contributed by atoms with Crippen LogP contribution in [0.5, 0.6) is 0 Å². The Kier molecular flexibility index (Phi) is 5.37. The first kappa shape index (κ1) is 14.9. The lowest BCUT2D eigenvalue weighted by Gasteiger charge is -2.43. The van der Waals surface area contributed by atoms with Crippen LogP contribution in [0, 0.1) is 12.8 Å². The topological polar surface area (TPSA) is 28.2 Å². The predicted octanol–water partition coefficient (Wildman–Crippen LogP) is 2.70. The fraction of sp³-hybridized carbons (Fsp3) is 0.800. The summed E-state index contributed by atoms with van der Waals surface area (Å²) in [4.78, 5) is 7.20. The van der Waals surface area contributed by atoms with Gasteiger partial charge in [0.2, 0.25) is 0 Å². The predicted molar refractivity (Wildman–Crippen MR) is 82.8 cm³/mol. The second-order valence-corrected chi connectivity index (χ2v) is 6.76. The Morgan fingerprint density at radius 2 is 2.26 bits per heavy atom. The Hall–Kier alpha value is -0.450. The summed E-state index contributed by atoms with van der Waals surface area (Å²) < 4.78 is 0. The molecule has 108 valence electrons. The van der Waals surface area contributed by atoms with Gasteiger partial charge >= 0.3 is 0 Å². The first-order chi connectivity index (χ1) is 9.11. The number of nitrogens with zero attached hydrogens (tertiary/aromatic N) is 2.